The van der Waals surface area contributed by atoms with Crippen LogP contribution >= 0.6 is 34.8 Å². The molecule has 0 aliphatic carbocycles. The summed E-state index contributed by atoms with van der Waals surface area (Å²) in [5.74, 6) is -1.58. The van der Waals surface area contributed by atoms with Crippen molar-refractivity contribution in [1.29, 1.82) is 0 Å². The van der Waals surface area contributed by atoms with Crippen molar-refractivity contribution in [2.24, 2.45) is 0 Å². The van der Waals surface area contributed by atoms with E-state index in [1.165, 1.54) is 7.11 Å². The molecule has 1 atom stereocenters. The molecule has 0 saturated heterocycles. The highest BCUT2D eigenvalue weighted by Gasteiger charge is 2.27. The van der Waals surface area contributed by atoms with Crippen molar-refractivity contribution < 1.29 is 14.3 Å². The van der Waals surface area contributed by atoms with Gasteiger partial charge in [-0.3, -0.25) is 9.59 Å². The van der Waals surface area contributed by atoms with E-state index in [9.17, 15) is 9.59 Å². The smallest absolute Gasteiger partial charge is 0.313 e. The fourth-order valence-electron chi connectivity index (χ4n) is 2.19. The average molecular weight is 372 g/mol. The lowest BCUT2D eigenvalue weighted by Gasteiger charge is -2.16. The third-order valence-corrected chi connectivity index (χ3v) is 4.48. The van der Waals surface area contributed by atoms with Crippen molar-refractivity contribution in [2.75, 3.05) is 7.11 Å². The Labute approximate surface area is 149 Å². The third-order valence-electron chi connectivity index (χ3n) is 3.40. The van der Waals surface area contributed by atoms with E-state index < -0.39 is 11.9 Å². The van der Waals surface area contributed by atoms with Crippen LogP contribution in [0.2, 0.25) is 15.1 Å². The molecule has 6 heteroatoms. The number of Topliss-reactive ketones (excluding diaryl/α,β-unsaturated/α-hetero) is 1. The highest BCUT2D eigenvalue weighted by atomic mass is 35.5. The Hall–Kier alpha value is -1.55. The van der Waals surface area contributed by atoms with Gasteiger partial charge < -0.3 is 4.74 Å². The summed E-state index contributed by atoms with van der Waals surface area (Å²) >= 11 is 18.0. The fourth-order valence-corrected chi connectivity index (χ4v) is 2.76. The summed E-state index contributed by atoms with van der Waals surface area (Å²) in [6.07, 6.45) is -0.0750. The third kappa shape index (κ3) is 4.25. The van der Waals surface area contributed by atoms with Gasteiger partial charge in [0.15, 0.2) is 5.78 Å². The summed E-state index contributed by atoms with van der Waals surface area (Å²) in [4.78, 5) is 24.5. The summed E-state index contributed by atoms with van der Waals surface area (Å²) in [7, 11) is 1.26. The maximum atomic E-state index is 12.4. The van der Waals surface area contributed by atoms with Gasteiger partial charge in [0.1, 0.15) is 0 Å². The van der Waals surface area contributed by atoms with Crippen LogP contribution in [-0.4, -0.2) is 18.9 Å². The predicted molar refractivity (Wildman–Crippen MR) is 91.6 cm³/mol. The number of hydrogen-bond acceptors (Lipinski definition) is 3. The Morgan fingerprint density at radius 1 is 1.04 bits per heavy atom. The number of benzene rings is 2. The Bertz CT molecular complexity index is 726. The Kier molecular flexibility index (Phi) is 6.05. The van der Waals surface area contributed by atoms with Crippen LogP contribution in [0.3, 0.4) is 0 Å². The summed E-state index contributed by atoms with van der Waals surface area (Å²) in [6.45, 7) is 0. The molecule has 0 amide bonds. The molecule has 0 fully saturated rings. The quantitative estimate of drug-likeness (QED) is 0.537. The lowest BCUT2D eigenvalue weighted by Crippen LogP contribution is -2.18. The molecule has 0 aromatic heterocycles. The van der Waals surface area contributed by atoms with Gasteiger partial charge in [0.05, 0.1) is 23.1 Å². The van der Waals surface area contributed by atoms with Crippen molar-refractivity contribution in [2.45, 2.75) is 12.3 Å². The molecule has 0 bridgehead atoms. The monoisotopic (exact) mass is 370 g/mol. The first kappa shape index (κ1) is 17.8. The van der Waals surface area contributed by atoms with Gasteiger partial charge in [0.25, 0.3) is 0 Å². The van der Waals surface area contributed by atoms with Gasteiger partial charge in [-0.2, -0.15) is 0 Å². The molecule has 0 unspecified atom stereocenters. The lowest BCUT2D eigenvalue weighted by atomic mass is 9.91. The van der Waals surface area contributed by atoms with Gasteiger partial charge in [0, 0.05) is 17.0 Å². The summed E-state index contributed by atoms with van der Waals surface area (Å²) < 4.78 is 4.80. The van der Waals surface area contributed by atoms with E-state index in [0.29, 0.717) is 21.2 Å². The summed E-state index contributed by atoms with van der Waals surface area (Å²) in [6, 6.07) is 11.4. The molecule has 3 nitrogen and oxygen atoms in total. The number of rotatable bonds is 5. The Balaban J connectivity index is 2.33. The number of ether oxygens (including phenoxy) is 1. The molecule has 0 spiro atoms. The van der Waals surface area contributed by atoms with E-state index in [1.807, 2.05) is 0 Å². The zero-order chi connectivity index (χ0) is 17.0. The average Bonchev–Trinajstić information content (AvgIpc) is 2.55. The van der Waals surface area contributed by atoms with E-state index in [-0.39, 0.29) is 17.2 Å². The molecule has 0 saturated carbocycles. The standard InChI is InChI=1S/C17H13Cl3O3/c1-23-17(22)13(12-3-2-4-14(19)16(12)20)9-15(21)10-5-7-11(18)8-6-10/h2-8,13H,9H2,1H3/t13-/m0/s1. The van der Waals surface area contributed by atoms with Gasteiger partial charge in [-0.25, -0.2) is 0 Å². The zero-order valence-electron chi connectivity index (χ0n) is 12.2. The normalized spacial score (nSPS) is 11.8. The molecule has 0 N–H and O–H groups in total. The van der Waals surface area contributed by atoms with Gasteiger partial charge in [0.2, 0.25) is 0 Å². The van der Waals surface area contributed by atoms with Crippen LogP contribution < -0.4 is 0 Å². The molecule has 0 heterocycles. The van der Waals surface area contributed by atoms with Crippen LogP contribution in [0.4, 0.5) is 0 Å². The molecule has 0 aliphatic heterocycles. The fraction of sp³-hybridized carbons (Fsp3) is 0.176. The number of carbonyl (C=O) groups excluding carboxylic acids is 2. The second-order valence-corrected chi connectivity index (χ2v) is 6.07. The maximum absolute atomic E-state index is 12.4. The van der Waals surface area contributed by atoms with Crippen LogP contribution in [0.1, 0.15) is 28.3 Å². The Morgan fingerprint density at radius 3 is 2.30 bits per heavy atom. The first-order chi connectivity index (χ1) is 10.9. The largest absolute Gasteiger partial charge is 0.469 e. The van der Waals surface area contributed by atoms with Gasteiger partial charge in [-0.15, -0.1) is 0 Å². The molecule has 120 valence electrons. The number of ketones is 1. The Morgan fingerprint density at radius 2 is 1.70 bits per heavy atom. The van der Waals surface area contributed by atoms with Crippen LogP contribution in [0.15, 0.2) is 42.5 Å². The van der Waals surface area contributed by atoms with Crippen LogP contribution in [0.5, 0.6) is 0 Å². The second-order valence-electron chi connectivity index (χ2n) is 4.85. The van der Waals surface area contributed by atoms with Crippen molar-refractivity contribution in [1.82, 2.24) is 0 Å². The number of carbonyl (C=O) groups is 2. The molecule has 0 radical (unpaired) electrons. The maximum Gasteiger partial charge on any atom is 0.313 e. The number of methoxy groups -OCH3 is 1. The highest BCUT2D eigenvalue weighted by molar-refractivity contribution is 6.42. The van der Waals surface area contributed by atoms with Crippen LogP contribution in [-0.2, 0) is 9.53 Å². The molecular weight excluding hydrogens is 359 g/mol. The SMILES string of the molecule is COC(=O)[C@@H](CC(=O)c1ccc(Cl)cc1)c1cccc(Cl)c1Cl. The van der Waals surface area contributed by atoms with Crippen molar-refractivity contribution in [3.63, 3.8) is 0 Å². The molecule has 2 aromatic carbocycles. The van der Waals surface area contributed by atoms with Crippen LogP contribution in [0.25, 0.3) is 0 Å². The van der Waals surface area contributed by atoms with Gasteiger partial charge in [-0.1, -0.05) is 46.9 Å². The summed E-state index contributed by atoms with van der Waals surface area (Å²) in [5, 5.41) is 1.09. The van der Waals surface area contributed by atoms with E-state index in [0.717, 1.165) is 0 Å². The number of hydrogen-bond donors (Lipinski definition) is 0. The number of esters is 1. The molecule has 2 aromatic rings. The van der Waals surface area contributed by atoms with Gasteiger partial charge in [-0.05, 0) is 35.9 Å². The van der Waals surface area contributed by atoms with Crippen molar-refractivity contribution in [3.05, 3.63) is 68.7 Å². The molecular formula is C17H13Cl3O3. The lowest BCUT2D eigenvalue weighted by molar-refractivity contribution is -0.142. The molecule has 0 aliphatic rings. The van der Waals surface area contributed by atoms with Crippen LogP contribution in [0, 0.1) is 0 Å². The highest BCUT2D eigenvalue weighted by Crippen LogP contribution is 2.34. The van der Waals surface area contributed by atoms with E-state index >= 15 is 0 Å². The summed E-state index contributed by atoms with van der Waals surface area (Å²) in [5.41, 5.74) is 0.926. The minimum Gasteiger partial charge on any atom is -0.469 e. The van der Waals surface area contributed by atoms with Crippen molar-refractivity contribution >= 4 is 46.6 Å². The minimum atomic E-state index is -0.825. The molecule has 23 heavy (non-hydrogen) atoms. The first-order valence-corrected chi connectivity index (χ1v) is 7.88. The van der Waals surface area contributed by atoms with E-state index in [1.54, 1.807) is 42.5 Å². The van der Waals surface area contributed by atoms with Crippen molar-refractivity contribution in [3.8, 4) is 0 Å². The number of halogens is 3. The first-order valence-electron chi connectivity index (χ1n) is 6.74. The van der Waals surface area contributed by atoms with E-state index in [2.05, 4.69) is 0 Å². The predicted octanol–water partition coefficient (Wildman–Crippen LogP) is 5.18. The van der Waals surface area contributed by atoms with E-state index in [4.69, 9.17) is 39.5 Å². The second kappa shape index (κ2) is 7.82. The topological polar surface area (TPSA) is 43.4 Å². The zero-order valence-corrected chi connectivity index (χ0v) is 14.5. The van der Waals surface area contributed by atoms with Gasteiger partial charge >= 0.3 is 5.97 Å². The molecule has 2 rings (SSSR count). The minimum absolute atomic E-state index is 0.0750.